The lowest BCUT2D eigenvalue weighted by molar-refractivity contribution is 0.0943. The van der Waals surface area contributed by atoms with E-state index in [4.69, 9.17) is 23.2 Å². The molecule has 3 rings (SSSR count). The normalized spacial score (nSPS) is 11.5. The molecule has 0 spiro atoms. The van der Waals surface area contributed by atoms with Crippen LogP contribution in [0.1, 0.15) is 33.1 Å². The van der Waals surface area contributed by atoms with Crippen molar-refractivity contribution in [1.82, 2.24) is 14.3 Å². The Morgan fingerprint density at radius 3 is 2.46 bits per heavy atom. The van der Waals surface area contributed by atoms with Crippen LogP contribution in [-0.2, 0) is 0 Å². The summed E-state index contributed by atoms with van der Waals surface area (Å²) in [4.78, 5) is 12.8. The van der Waals surface area contributed by atoms with Crippen molar-refractivity contribution >= 4 is 35.2 Å². The molecule has 0 N–H and O–H groups in total. The fourth-order valence-electron chi connectivity index (χ4n) is 3.22. The highest BCUT2D eigenvalue weighted by molar-refractivity contribution is 6.43. The lowest BCUT2D eigenvalue weighted by Gasteiger charge is -2.12. The van der Waals surface area contributed by atoms with Crippen molar-refractivity contribution in [3.05, 3.63) is 74.3 Å². The molecular formula is C21H18Cl2N4O. The minimum atomic E-state index is -0.460. The molecule has 7 heteroatoms. The summed E-state index contributed by atoms with van der Waals surface area (Å²) in [5, 5.41) is 14.6. The second kappa shape index (κ2) is 7.67. The molecule has 2 aromatic heterocycles. The van der Waals surface area contributed by atoms with Crippen molar-refractivity contribution in [3.63, 3.8) is 0 Å². The first kappa shape index (κ1) is 19.9. The van der Waals surface area contributed by atoms with Gasteiger partial charge in [0.25, 0.3) is 5.91 Å². The quantitative estimate of drug-likeness (QED) is 0.423. The van der Waals surface area contributed by atoms with E-state index in [1.54, 1.807) is 32.1 Å². The van der Waals surface area contributed by atoms with Gasteiger partial charge in [-0.1, -0.05) is 29.3 Å². The molecule has 0 aliphatic heterocycles. The lowest BCUT2D eigenvalue weighted by atomic mass is 10.1. The Morgan fingerprint density at radius 2 is 1.86 bits per heavy atom. The average molecular weight is 413 g/mol. The first-order valence-electron chi connectivity index (χ1n) is 8.57. The lowest BCUT2D eigenvalue weighted by Crippen LogP contribution is -2.15. The van der Waals surface area contributed by atoms with Crippen LogP contribution in [0.25, 0.3) is 11.8 Å². The maximum absolute atomic E-state index is 12.8. The van der Waals surface area contributed by atoms with Crippen LogP contribution in [-0.4, -0.2) is 20.3 Å². The van der Waals surface area contributed by atoms with E-state index in [-0.39, 0.29) is 5.57 Å². The summed E-state index contributed by atoms with van der Waals surface area (Å²) in [5.41, 5.74) is 4.65. The van der Waals surface area contributed by atoms with Crippen molar-refractivity contribution in [2.45, 2.75) is 27.7 Å². The Morgan fingerprint density at radius 1 is 1.14 bits per heavy atom. The highest BCUT2D eigenvalue weighted by Gasteiger charge is 2.18. The van der Waals surface area contributed by atoms with Crippen molar-refractivity contribution in [1.29, 1.82) is 5.26 Å². The largest absolute Gasteiger partial charge is 0.316 e. The Kier molecular flexibility index (Phi) is 5.46. The number of halogens is 2. The van der Waals surface area contributed by atoms with Gasteiger partial charge in [-0.05, 0) is 63.6 Å². The molecule has 142 valence electrons. The van der Waals surface area contributed by atoms with Crippen LogP contribution >= 0.6 is 23.2 Å². The summed E-state index contributed by atoms with van der Waals surface area (Å²) in [6.45, 7) is 7.41. The van der Waals surface area contributed by atoms with Crippen molar-refractivity contribution in [3.8, 4) is 11.8 Å². The molecule has 0 bridgehead atoms. The number of hydrogen-bond acceptors (Lipinski definition) is 3. The third-order valence-electron chi connectivity index (χ3n) is 4.50. The fraction of sp³-hybridized carbons (Fsp3) is 0.190. The van der Waals surface area contributed by atoms with Crippen molar-refractivity contribution in [2.24, 2.45) is 0 Å². The minimum absolute atomic E-state index is 0.00337. The molecule has 1 aromatic carbocycles. The molecule has 0 unspecified atom stereocenters. The molecule has 3 aromatic rings. The summed E-state index contributed by atoms with van der Waals surface area (Å²) in [6.07, 6.45) is 1.58. The second-order valence-corrected chi connectivity index (χ2v) is 7.33. The zero-order chi connectivity index (χ0) is 20.6. The number of benzene rings is 1. The number of rotatable bonds is 3. The molecule has 0 aliphatic carbocycles. The second-order valence-electron chi connectivity index (χ2n) is 6.55. The molecule has 0 amide bonds. The SMILES string of the molecule is Cc1cc(C)n(C(=O)/C(C#N)=C/c2cc(C)n(-c3cccc(Cl)c3Cl)c2C)n1. The maximum Gasteiger partial charge on any atom is 0.289 e. The molecule has 5 nitrogen and oxygen atoms in total. The number of nitriles is 1. The number of aromatic nitrogens is 3. The van der Waals surface area contributed by atoms with Gasteiger partial charge in [0.15, 0.2) is 0 Å². The number of carbonyl (C=O) groups excluding carboxylic acids is 1. The molecule has 0 aliphatic rings. The Bertz CT molecular complexity index is 1160. The van der Waals surface area contributed by atoms with E-state index < -0.39 is 5.91 Å². The molecular weight excluding hydrogens is 395 g/mol. The molecule has 0 radical (unpaired) electrons. The van der Waals surface area contributed by atoms with Gasteiger partial charge in [-0.15, -0.1) is 0 Å². The molecule has 2 heterocycles. The maximum atomic E-state index is 12.8. The third kappa shape index (κ3) is 3.49. The zero-order valence-corrected chi connectivity index (χ0v) is 17.4. The molecule has 0 fully saturated rings. The van der Waals surface area contributed by atoms with Gasteiger partial charge < -0.3 is 4.57 Å². The van der Waals surface area contributed by atoms with Crippen LogP contribution in [0.15, 0.2) is 35.9 Å². The van der Waals surface area contributed by atoms with E-state index in [0.717, 1.165) is 28.3 Å². The summed E-state index contributed by atoms with van der Waals surface area (Å²) < 4.78 is 3.19. The Hall–Kier alpha value is -2.81. The molecule has 0 saturated carbocycles. The van der Waals surface area contributed by atoms with Crippen molar-refractivity contribution < 1.29 is 4.79 Å². The fourth-order valence-corrected chi connectivity index (χ4v) is 3.60. The van der Waals surface area contributed by atoms with E-state index >= 15 is 0 Å². The van der Waals surface area contributed by atoms with Crippen molar-refractivity contribution in [2.75, 3.05) is 0 Å². The molecule has 0 saturated heterocycles. The van der Waals surface area contributed by atoms with E-state index in [2.05, 4.69) is 5.10 Å². The van der Waals surface area contributed by atoms with Crippen LogP contribution in [0.2, 0.25) is 10.0 Å². The number of carbonyl (C=O) groups is 1. The summed E-state index contributed by atoms with van der Waals surface area (Å²) in [6, 6.07) is 11.1. The Balaban J connectivity index is 2.09. The minimum Gasteiger partial charge on any atom is -0.316 e. The zero-order valence-electron chi connectivity index (χ0n) is 15.9. The van der Waals surface area contributed by atoms with Crippen LogP contribution in [0.3, 0.4) is 0 Å². The van der Waals surface area contributed by atoms with Crippen LogP contribution in [0.4, 0.5) is 0 Å². The van der Waals surface area contributed by atoms with Gasteiger partial charge in [-0.25, -0.2) is 4.68 Å². The van der Waals surface area contributed by atoms with Crippen LogP contribution < -0.4 is 0 Å². The van der Waals surface area contributed by atoms with E-state index in [1.807, 2.05) is 42.7 Å². The summed E-state index contributed by atoms with van der Waals surface area (Å²) >= 11 is 12.5. The molecule has 0 atom stereocenters. The Labute approximate surface area is 173 Å². The smallest absolute Gasteiger partial charge is 0.289 e. The predicted molar refractivity (Wildman–Crippen MR) is 111 cm³/mol. The van der Waals surface area contributed by atoms with E-state index in [9.17, 15) is 10.1 Å². The highest BCUT2D eigenvalue weighted by atomic mass is 35.5. The van der Waals surface area contributed by atoms with Gasteiger partial charge in [0, 0.05) is 17.1 Å². The van der Waals surface area contributed by atoms with E-state index in [1.165, 1.54) is 4.68 Å². The number of aryl methyl sites for hydroxylation is 3. The van der Waals surface area contributed by atoms with E-state index in [0.29, 0.717) is 15.7 Å². The monoisotopic (exact) mass is 412 g/mol. The topological polar surface area (TPSA) is 63.6 Å². The first-order chi connectivity index (χ1) is 13.2. The van der Waals surface area contributed by atoms with Gasteiger partial charge in [0.2, 0.25) is 0 Å². The van der Waals surface area contributed by atoms with Gasteiger partial charge in [-0.2, -0.15) is 10.4 Å². The predicted octanol–water partition coefficient (Wildman–Crippen LogP) is 5.46. The first-order valence-corrected chi connectivity index (χ1v) is 9.33. The highest BCUT2D eigenvalue weighted by Crippen LogP contribution is 2.32. The number of hydrogen-bond donors (Lipinski definition) is 0. The van der Waals surface area contributed by atoms with Gasteiger partial charge >= 0.3 is 0 Å². The number of allylic oxidation sites excluding steroid dienone is 1. The summed E-state index contributed by atoms with van der Waals surface area (Å²) in [5.74, 6) is -0.460. The van der Waals surface area contributed by atoms with Crippen LogP contribution in [0, 0.1) is 39.0 Å². The van der Waals surface area contributed by atoms with Crippen LogP contribution in [0.5, 0.6) is 0 Å². The standard InChI is InChI=1S/C21H18Cl2N4O/c1-12-8-14(3)27(25-12)21(28)17(11-24)10-16-9-13(2)26(15(16)4)19-7-5-6-18(22)20(19)23/h5-10H,1-4H3/b17-10+. The van der Waals surface area contributed by atoms with Gasteiger partial charge in [-0.3, -0.25) is 4.79 Å². The number of nitrogens with zero attached hydrogens (tertiary/aromatic N) is 4. The third-order valence-corrected chi connectivity index (χ3v) is 5.30. The summed E-state index contributed by atoms with van der Waals surface area (Å²) in [7, 11) is 0. The van der Waals surface area contributed by atoms with Gasteiger partial charge in [0.1, 0.15) is 11.6 Å². The van der Waals surface area contributed by atoms with Gasteiger partial charge in [0.05, 0.1) is 21.4 Å². The molecule has 28 heavy (non-hydrogen) atoms. The average Bonchev–Trinajstić information content (AvgIpc) is 3.13.